The zero-order valence-electron chi connectivity index (χ0n) is 13.9. The van der Waals surface area contributed by atoms with Gasteiger partial charge in [-0.15, -0.1) is 0 Å². The van der Waals surface area contributed by atoms with E-state index in [0.29, 0.717) is 12.3 Å². The zero-order valence-corrected chi connectivity index (χ0v) is 13.9. The summed E-state index contributed by atoms with van der Waals surface area (Å²) in [6.45, 7) is 1.88. The molecule has 0 aromatic heterocycles. The molecule has 0 aliphatic heterocycles. The number of rotatable bonds is 6. The van der Waals surface area contributed by atoms with Crippen LogP contribution in [0.25, 0.3) is 10.8 Å². The first-order chi connectivity index (χ1) is 11.2. The van der Waals surface area contributed by atoms with Gasteiger partial charge in [-0.25, -0.2) is 0 Å². The molecule has 3 rings (SSSR count). The highest BCUT2D eigenvalue weighted by Crippen LogP contribution is 2.46. The number of benzene rings is 2. The SMILES string of the molecule is CCC(=O)NC(c1c(OC)ccc2ccc(OC)cc12)C1CC1. The van der Waals surface area contributed by atoms with Crippen molar-refractivity contribution in [3.8, 4) is 11.5 Å². The van der Waals surface area contributed by atoms with Gasteiger partial charge in [0, 0.05) is 12.0 Å². The number of nitrogens with one attached hydrogen (secondary N) is 1. The molecule has 1 N–H and O–H groups in total. The number of carbonyl (C=O) groups excluding carboxylic acids is 1. The van der Waals surface area contributed by atoms with Crippen molar-refractivity contribution in [2.45, 2.75) is 32.2 Å². The van der Waals surface area contributed by atoms with Crippen molar-refractivity contribution in [2.24, 2.45) is 5.92 Å². The minimum atomic E-state index is -0.00629. The van der Waals surface area contributed by atoms with Crippen LogP contribution in [-0.2, 0) is 4.79 Å². The molecule has 1 aliphatic carbocycles. The lowest BCUT2D eigenvalue weighted by Gasteiger charge is -2.23. The fraction of sp³-hybridized carbons (Fsp3) is 0.421. The molecule has 0 radical (unpaired) electrons. The summed E-state index contributed by atoms with van der Waals surface area (Å²) >= 11 is 0. The fourth-order valence-electron chi connectivity index (χ4n) is 3.06. The van der Waals surface area contributed by atoms with Crippen LogP contribution in [0.1, 0.15) is 37.8 Å². The van der Waals surface area contributed by atoms with Crippen molar-refractivity contribution in [1.29, 1.82) is 0 Å². The Balaban J connectivity index is 2.16. The number of fused-ring (bicyclic) bond motifs is 1. The van der Waals surface area contributed by atoms with Crippen LogP contribution in [0.4, 0.5) is 0 Å². The summed E-state index contributed by atoms with van der Waals surface area (Å²) in [5.41, 5.74) is 1.06. The average molecular weight is 313 g/mol. The summed E-state index contributed by atoms with van der Waals surface area (Å²) in [7, 11) is 3.34. The number of ether oxygens (including phenoxy) is 2. The second-order valence-electron chi connectivity index (χ2n) is 6.00. The molecule has 2 aromatic carbocycles. The molecule has 122 valence electrons. The summed E-state index contributed by atoms with van der Waals surface area (Å²) in [5, 5.41) is 5.39. The lowest BCUT2D eigenvalue weighted by atomic mass is 9.94. The second-order valence-corrected chi connectivity index (χ2v) is 6.00. The molecule has 0 saturated heterocycles. The van der Waals surface area contributed by atoms with E-state index in [1.54, 1.807) is 14.2 Å². The quantitative estimate of drug-likeness (QED) is 0.881. The third-order valence-corrected chi connectivity index (χ3v) is 4.49. The van der Waals surface area contributed by atoms with Crippen LogP contribution < -0.4 is 14.8 Å². The molecule has 0 heterocycles. The van der Waals surface area contributed by atoms with Gasteiger partial charge in [0.05, 0.1) is 20.3 Å². The maximum Gasteiger partial charge on any atom is 0.220 e. The van der Waals surface area contributed by atoms with Gasteiger partial charge in [-0.05, 0) is 47.7 Å². The average Bonchev–Trinajstić information content (AvgIpc) is 3.43. The molecule has 23 heavy (non-hydrogen) atoms. The standard InChI is InChI=1S/C19H23NO3/c1-4-17(21)20-19(13-5-6-13)18-15-11-14(22-2)9-7-12(15)8-10-16(18)23-3/h7-11,13,19H,4-6H2,1-3H3,(H,20,21). The van der Waals surface area contributed by atoms with Gasteiger partial charge in [0.25, 0.3) is 0 Å². The largest absolute Gasteiger partial charge is 0.497 e. The molecule has 4 nitrogen and oxygen atoms in total. The van der Waals surface area contributed by atoms with Gasteiger partial charge >= 0.3 is 0 Å². The predicted molar refractivity (Wildman–Crippen MR) is 91.0 cm³/mol. The van der Waals surface area contributed by atoms with Crippen LogP contribution in [0.15, 0.2) is 30.3 Å². The van der Waals surface area contributed by atoms with E-state index >= 15 is 0 Å². The molecule has 1 saturated carbocycles. The monoisotopic (exact) mass is 313 g/mol. The highest BCUT2D eigenvalue weighted by molar-refractivity contribution is 5.90. The van der Waals surface area contributed by atoms with Crippen molar-refractivity contribution in [3.63, 3.8) is 0 Å². The normalized spacial score (nSPS) is 15.3. The summed E-state index contributed by atoms with van der Waals surface area (Å²) in [5.74, 6) is 2.18. The van der Waals surface area contributed by atoms with Crippen LogP contribution in [0.2, 0.25) is 0 Å². The molecule has 4 heteroatoms. The van der Waals surface area contributed by atoms with Crippen LogP contribution in [0.5, 0.6) is 11.5 Å². The predicted octanol–water partition coefficient (Wildman–Crippen LogP) is 3.83. The van der Waals surface area contributed by atoms with Gasteiger partial charge in [0.1, 0.15) is 11.5 Å². The number of hydrogen-bond donors (Lipinski definition) is 1. The van der Waals surface area contributed by atoms with E-state index in [9.17, 15) is 4.79 Å². The number of carbonyl (C=O) groups is 1. The molecule has 2 aromatic rings. The van der Waals surface area contributed by atoms with Crippen LogP contribution in [0.3, 0.4) is 0 Å². The Labute approximate surface area is 136 Å². The van der Waals surface area contributed by atoms with E-state index in [1.165, 1.54) is 0 Å². The molecule has 1 fully saturated rings. The number of methoxy groups -OCH3 is 2. The summed E-state index contributed by atoms with van der Waals surface area (Å²) in [6.07, 6.45) is 2.76. The topological polar surface area (TPSA) is 47.6 Å². The third kappa shape index (κ3) is 3.11. The van der Waals surface area contributed by atoms with Crippen molar-refractivity contribution >= 4 is 16.7 Å². The molecular formula is C19H23NO3. The number of amides is 1. The van der Waals surface area contributed by atoms with E-state index in [1.807, 2.05) is 37.3 Å². The van der Waals surface area contributed by atoms with Gasteiger partial charge in [-0.3, -0.25) is 4.79 Å². The lowest BCUT2D eigenvalue weighted by molar-refractivity contribution is -0.121. The van der Waals surface area contributed by atoms with E-state index < -0.39 is 0 Å². The Kier molecular flexibility index (Phi) is 4.42. The summed E-state index contributed by atoms with van der Waals surface area (Å²) in [6, 6.07) is 10.0. The first-order valence-electron chi connectivity index (χ1n) is 8.12. The van der Waals surface area contributed by atoms with Gasteiger partial charge in [0.2, 0.25) is 5.91 Å². The highest BCUT2D eigenvalue weighted by atomic mass is 16.5. The Morgan fingerprint density at radius 2 is 1.96 bits per heavy atom. The minimum absolute atomic E-state index is 0.00629. The first kappa shape index (κ1) is 15.7. The molecule has 1 amide bonds. The van der Waals surface area contributed by atoms with Crippen molar-refractivity contribution in [2.75, 3.05) is 14.2 Å². The third-order valence-electron chi connectivity index (χ3n) is 4.49. The lowest BCUT2D eigenvalue weighted by Crippen LogP contribution is -2.29. The van der Waals surface area contributed by atoms with Crippen LogP contribution >= 0.6 is 0 Å². The fourth-order valence-corrected chi connectivity index (χ4v) is 3.06. The first-order valence-corrected chi connectivity index (χ1v) is 8.12. The molecule has 0 spiro atoms. The molecule has 1 atom stereocenters. The summed E-state index contributed by atoms with van der Waals surface area (Å²) in [4.78, 5) is 12.0. The Hall–Kier alpha value is -2.23. The van der Waals surface area contributed by atoms with E-state index in [4.69, 9.17) is 9.47 Å². The maximum absolute atomic E-state index is 12.0. The smallest absolute Gasteiger partial charge is 0.220 e. The maximum atomic E-state index is 12.0. The molecule has 1 aliphatic rings. The summed E-state index contributed by atoms with van der Waals surface area (Å²) < 4.78 is 11.0. The highest BCUT2D eigenvalue weighted by Gasteiger charge is 2.36. The molecule has 0 bridgehead atoms. The van der Waals surface area contributed by atoms with Crippen LogP contribution in [-0.4, -0.2) is 20.1 Å². The Morgan fingerprint density at radius 3 is 2.57 bits per heavy atom. The van der Waals surface area contributed by atoms with Gasteiger partial charge < -0.3 is 14.8 Å². The van der Waals surface area contributed by atoms with Gasteiger partial charge in [0.15, 0.2) is 0 Å². The minimum Gasteiger partial charge on any atom is -0.497 e. The van der Waals surface area contributed by atoms with Crippen molar-refractivity contribution in [3.05, 3.63) is 35.9 Å². The van der Waals surface area contributed by atoms with E-state index in [0.717, 1.165) is 40.7 Å². The zero-order chi connectivity index (χ0) is 16.4. The molecular weight excluding hydrogens is 290 g/mol. The second kappa shape index (κ2) is 6.49. The van der Waals surface area contributed by atoms with Gasteiger partial charge in [-0.1, -0.05) is 19.1 Å². The van der Waals surface area contributed by atoms with Crippen molar-refractivity contribution < 1.29 is 14.3 Å². The van der Waals surface area contributed by atoms with Crippen molar-refractivity contribution in [1.82, 2.24) is 5.32 Å². The Bertz CT molecular complexity index is 717. The number of hydrogen-bond acceptors (Lipinski definition) is 3. The van der Waals surface area contributed by atoms with Gasteiger partial charge in [-0.2, -0.15) is 0 Å². The molecule has 1 unspecified atom stereocenters. The van der Waals surface area contributed by atoms with E-state index in [-0.39, 0.29) is 11.9 Å². The van der Waals surface area contributed by atoms with Crippen LogP contribution in [0, 0.1) is 5.92 Å². The van der Waals surface area contributed by atoms with E-state index in [2.05, 4.69) is 5.32 Å². The Morgan fingerprint density at radius 1 is 1.22 bits per heavy atom.